The second kappa shape index (κ2) is 7.54. The van der Waals surface area contributed by atoms with E-state index in [0.717, 1.165) is 25.2 Å². The van der Waals surface area contributed by atoms with E-state index in [1.165, 1.54) is 0 Å². The predicted octanol–water partition coefficient (Wildman–Crippen LogP) is 0.220. The highest BCUT2D eigenvalue weighted by atomic mass is 16.2. The molecule has 21 heavy (non-hydrogen) atoms. The second-order valence-electron chi connectivity index (χ2n) is 5.86. The van der Waals surface area contributed by atoms with Gasteiger partial charge >= 0.3 is 0 Å². The Morgan fingerprint density at radius 3 is 2.71 bits per heavy atom. The lowest BCUT2D eigenvalue weighted by Crippen LogP contribution is -2.56. The van der Waals surface area contributed by atoms with Crippen LogP contribution in [0.1, 0.15) is 5.56 Å². The van der Waals surface area contributed by atoms with Crippen molar-refractivity contribution in [3.63, 3.8) is 0 Å². The highest BCUT2D eigenvalue weighted by Crippen LogP contribution is 2.09. The van der Waals surface area contributed by atoms with Crippen molar-refractivity contribution >= 4 is 5.91 Å². The molecule has 2 rings (SSSR count). The summed E-state index contributed by atoms with van der Waals surface area (Å²) in [6, 6.07) is 10.3. The fourth-order valence-corrected chi connectivity index (χ4v) is 2.72. The molecule has 1 aliphatic heterocycles. The molecule has 1 heterocycles. The second-order valence-corrected chi connectivity index (χ2v) is 5.86. The zero-order chi connectivity index (χ0) is 15.2. The van der Waals surface area contributed by atoms with Gasteiger partial charge in [-0.2, -0.15) is 0 Å². The first-order valence-corrected chi connectivity index (χ1v) is 7.50. The number of benzene rings is 1. The van der Waals surface area contributed by atoms with E-state index < -0.39 is 0 Å². The van der Waals surface area contributed by atoms with Crippen LogP contribution in [-0.4, -0.2) is 73.5 Å². The lowest BCUT2D eigenvalue weighted by Gasteiger charge is -2.39. The topological polar surface area (TPSA) is 52.8 Å². The Hall–Kier alpha value is -1.43. The van der Waals surface area contributed by atoms with Gasteiger partial charge in [-0.15, -0.1) is 0 Å². The van der Waals surface area contributed by atoms with Crippen LogP contribution in [0.3, 0.4) is 0 Å². The SMILES string of the molecule is CN1CCN(CC(=O)N(C)Cc2ccccc2)C(CN)C1. The lowest BCUT2D eigenvalue weighted by molar-refractivity contribution is -0.132. The monoisotopic (exact) mass is 290 g/mol. The molecule has 0 saturated carbocycles. The maximum Gasteiger partial charge on any atom is 0.236 e. The predicted molar refractivity (Wildman–Crippen MR) is 84.8 cm³/mol. The minimum atomic E-state index is 0.154. The molecule has 1 unspecified atom stereocenters. The first kappa shape index (κ1) is 15.9. The summed E-state index contributed by atoms with van der Waals surface area (Å²) in [7, 11) is 3.96. The van der Waals surface area contributed by atoms with Crippen LogP contribution in [0.25, 0.3) is 0 Å². The number of amides is 1. The summed E-state index contributed by atoms with van der Waals surface area (Å²) in [5.74, 6) is 0.154. The molecule has 1 fully saturated rings. The smallest absolute Gasteiger partial charge is 0.236 e. The highest BCUT2D eigenvalue weighted by molar-refractivity contribution is 5.78. The fourth-order valence-electron chi connectivity index (χ4n) is 2.72. The van der Waals surface area contributed by atoms with Crippen molar-refractivity contribution in [3.05, 3.63) is 35.9 Å². The van der Waals surface area contributed by atoms with Crippen molar-refractivity contribution < 1.29 is 4.79 Å². The van der Waals surface area contributed by atoms with E-state index >= 15 is 0 Å². The van der Waals surface area contributed by atoms with Crippen molar-refractivity contribution in [1.29, 1.82) is 0 Å². The van der Waals surface area contributed by atoms with Gasteiger partial charge in [-0.25, -0.2) is 0 Å². The summed E-state index contributed by atoms with van der Waals surface area (Å²) in [5.41, 5.74) is 6.99. The molecule has 1 saturated heterocycles. The minimum absolute atomic E-state index is 0.154. The number of likely N-dealkylation sites (N-methyl/N-ethyl adjacent to an activating group) is 2. The summed E-state index contributed by atoms with van der Waals surface area (Å²) in [5, 5.41) is 0. The number of hydrogen-bond acceptors (Lipinski definition) is 4. The van der Waals surface area contributed by atoms with E-state index in [1.807, 2.05) is 37.4 Å². The van der Waals surface area contributed by atoms with Crippen LogP contribution in [0.4, 0.5) is 0 Å². The van der Waals surface area contributed by atoms with E-state index in [4.69, 9.17) is 5.73 Å². The van der Waals surface area contributed by atoms with E-state index in [9.17, 15) is 4.79 Å². The Labute approximate surface area is 127 Å². The molecule has 1 aliphatic rings. The van der Waals surface area contributed by atoms with Gasteiger partial charge in [0.05, 0.1) is 6.54 Å². The molecular formula is C16H26N4O. The standard InChI is InChI=1S/C16H26N4O/c1-18-8-9-20(15(10-17)12-18)13-16(21)19(2)11-14-6-4-3-5-7-14/h3-7,15H,8-13,17H2,1-2H3. The first-order chi connectivity index (χ1) is 10.1. The average Bonchev–Trinajstić information content (AvgIpc) is 2.49. The molecule has 116 valence electrons. The molecule has 5 heteroatoms. The number of piperazine rings is 1. The number of rotatable bonds is 5. The van der Waals surface area contributed by atoms with Crippen LogP contribution in [0.5, 0.6) is 0 Å². The quantitative estimate of drug-likeness (QED) is 0.843. The minimum Gasteiger partial charge on any atom is -0.340 e. The fraction of sp³-hybridized carbons (Fsp3) is 0.562. The molecule has 1 amide bonds. The van der Waals surface area contributed by atoms with Crippen LogP contribution in [0.15, 0.2) is 30.3 Å². The molecule has 5 nitrogen and oxygen atoms in total. The lowest BCUT2D eigenvalue weighted by atomic mass is 10.1. The largest absolute Gasteiger partial charge is 0.340 e. The molecule has 2 N–H and O–H groups in total. The van der Waals surface area contributed by atoms with Gasteiger partial charge in [-0.3, -0.25) is 9.69 Å². The zero-order valence-electron chi connectivity index (χ0n) is 13.0. The Bertz CT molecular complexity index is 451. The molecule has 1 aromatic rings. The average molecular weight is 290 g/mol. The Kier molecular flexibility index (Phi) is 5.73. The Morgan fingerprint density at radius 2 is 2.05 bits per heavy atom. The van der Waals surface area contributed by atoms with Crippen molar-refractivity contribution in [1.82, 2.24) is 14.7 Å². The number of hydrogen-bond donors (Lipinski definition) is 1. The van der Waals surface area contributed by atoms with Gasteiger partial charge in [0, 0.05) is 45.8 Å². The molecule has 0 aromatic heterocycles. The molecule has 1 aromatic carbocycles. The molecule has 0 spiro atoms. The Morgan fingerprint density at radius 1 is 1.33 bits per heavy atom. The van der Waals surface area contributed by atoms with Gasteiger partial charge in [0.15, 0.2) is 0 Å². The number of nitrogens with two attached hydrogens (primary N) is 1. The third-order valence-corrected chi connectivity index (χ3v) is 4.11. The van der Waals surface area contributed by atoms with Crippen molar-refractivity contribution in [3.8, 4) is 0 Å². The number of nitrogens with zero attached hydrogens (tertiary/aromatic N) is 3. The first-order valence-electron chi connectivity index (χ1n) is 7.50. The molecular weight excluding hydrogens is 264 g/mol. The molecule has 0 radical (unpaired) electrons. The highest BCUT2D eigenvalue weighted by Gasteiger charge is 2.26. The van der Waals surface area contributed by atoms with Gasteiger partial charge in [-0.1, -0.05) is 30.3 Å². The van der Waals surface area contributed by atoms with E-state index in [2.05, 4.69) is 16.8 Å². The van der Waals surface area contributed by atoms with Crippen LogP contribution in [0.2, 0.25) is 0 Å². The van der Waals surface area contributed by atoms with Crippen molar-refractivity contribution in [2.45, 2.75) is 12.6 Å². The van der Waals surface area contributed by atoms with Crippen LogP contribution >= 0.6 is 0 Å². The van der Waals surface area contributed by atoms with E-state index in [0.29, 0.717) is 19.6 Å². The summed E-state index contributed by atoms with van der Waals surface area (Å²) < 4.78 is 0. The van der Waals surface area contributed by atoms with Gasteiger partial charge in [0.1, 0.15) is 0 Å². The molecule has 0 aliphatic carbocycles. The van der Waals surface area contributed by atoms with Gasteiger partial charge < -0.3 is 15.5 Å². The summed E-state index contributed by atoms with van der Waals surface area (Å²) in [4.78, 5) is 18.7. The molecule has 0 bridgehead atoms. The van der Waals surface area contributed by atoms with Crippen LogP contribution < -0.4 is 5.73 Å². The third-order valence-electron chi connectivity index (χ3n) is 4.11. The van der Waals surface area contributed by atoms with Crippen molar-refractivity contribution in [2.24, 2.45) is 5.73 Å². The normalized spacial score (nSPS) is 20.4. The van der Waals surface area contributed by atoms with Gasteiger partial charge in [0.25, 0.3) is 0 Å². The zero-order valence-corrected chi connectivity index (χ0v) is 13.0. The summed E-state index contributed by atoms with van der Waals surface area (Å²) >= 11 is 0. The van der Waals surface area contributed by atoms with Crippen LogP contribution in [0, 0.1) is 0 Å². The third kappa shape index (κ3) is 4.52. The maximum absolute atomic E-state index is 12.4. The number of carbonyl (C=O) groups is 1. The Balaban J connectivity index is 1.88. The van der Waals surface area contributed by atoms with E-state index in [1.54, 1.807) is 4.90 Å². The molecule has 1 atom stereocenters. The maximum atomic E-state index is 12.4. The van der Waals surface area contributed by atoms with Crippen LogP contribution in [-0.2, 0) is 11.3 Å². The van der Waals surface area contributed by atoms with Gasteiger partial charge in [0.2, 0.25) is 5.91 Å². The van der Waals surface area contributed by atoms with Crippen molar-refractivity contribution in [2.75, 3.05) is 46.8 Å². The van der Waals surface area contributed by atoms with E-state index in [-0.39, 0.29) is 11.9 Å². The summed E-state index contributed by atoms with van der Waals surface area (Å²) in [6.07, 6.45) is 0. The number of carbonyl (C=O) groups excluding carboxylic acids is 1. The van der Waals surface area contributed by atoms with Gasteiger partial charge in [-0.05, 0) is 12.6 Å². The summed E-state index contributed by atoms with van der Waals surface area (Å²) in [6.45, 7) is 4.54.